The van der Waals surface area contributed by atoms with Crippen molar-refractivity contribution in [2.24, 2.45) is 0 Å². The second-order valence-electron chi connectivity index (χ2n) is 6.55. The molecule has 0 aliphatic carbocycles. The highest BCUT2D eigenvalue weighted by Gasteiger charge is 2.17. The van der Waals surface area contributed by atoms with Gasteiger partial charge in [0.05, 0.1) is 22.3 Å². The number of benzene rings is 2. The van der Waals surface area contributed by atoms with Gasteiger partial charge in [-0.3, -0.25) is 14.2 Å². The Morgan fingerprint density at radius 1 is 1.21 bits per heavy atom. The van der Waals surface area contributed by atoms with Gasteiger partial charge in [-0.15, -0.1) is 0 Å². The Balaban J connectivity index is 1.99. The fourth-order valence-corrected chi connectivity index (χ4v) is 3.82. The van der Waals surface area contributed by atoms with Crippen molar-refractivity contribution in [3.05, 3.63) is 64.7 Å². The van der Waals surface area contributed by atoms with Gasteiger partial charge in [-0.25, -0.2) is 9.37 Å². The van der Waals surface area contributed by atoms with Crippen LogP contribution in [-0.2, 0) is 4.79 Å². The number of fused-ring (bicyclic) bond motifs is 1. The summed E-state index contributed by atoms with van der Waals surface area (Å²) in [6.45, 7) is 4.01. The predicted octanol–water partition coefficient (Wildman–Crippen LogP) is 3.92. The minimum atomic E-state index is -0.524. The molecule has 0 fully saturated rings. The normalized spacial score (nSPS) is 12.1. The topological polar surface area (TPSA) is 64.0 Å². The summed E-state index contributed by atoms with van der Waals surface area (Å²) < 4.78 is 15.7. The molecule has 1 heterocycles. The fraction of sp³-hybridized carbons (Fsp3) is 0.286. The van der Waals surface area contributed by atoms with Gasteiger partial charge in [-0.2, -0.15) is 0 Å². The van der Waals surface area contributed by atoms with Crippen LogP contribution in [0.4, 0.5) is 4.39 Å². The molecule has 0 saturated heterocycles. The van der Waals surface area contributed by atoms with Gasteiger partial charge in [0.1, 0.15) is 5.82 Å². The van der Waals surface area contributed by atoms with E-state index in [0.717, 1.165) is 24.6 Å². The molecule has 28 heavy (non-hydrogen) atoms. The summed E-state index contributed by atoms with van der Waals surface area (Å²) in [5, 5.41) is 3.61. The molecule has 1 amide bonds. The van der Waals surface area contributed by atoms with Crippen LogP contribution in [0.25, 0.3) is 16.6 Å². The number of rotatable bonds is 7. The first-order valence-corrected chi connectivity index (χ1v) is 10.2. The summed E-state index contributed by atoms with van der Waals surface area (Å²) in [6.07, 6.45) is 1.87. The van der Waals surface area contributed by atoms with Crippen LogP contribution < -0.4 is 10.9 Å². The van der Waals surface area contributed by atoms with Crippen LogP contribution in [0.15, 0.2) is 58.5 Å². The number of halogens is 1. The maximum Gasteiger partial charge on any atom is 0.266 e. The standard InChI is InChI=1S/C21H22FN3O2S/c1-3-8-14(2)23-19(26)13-28-21-24-17-11-6-4-9-15(17)20(27)25(21)18-12-7-5-10-16(18)22/h4-7,9-12,14H,3,8,13H2,1-2H3,(H,23,26). The van der Waals surface area contributed by atoms with E-state index >= 15 is 0 Å². The van der Waals surface area contributed by atoms with E-state index in [1.54, 1.807) is 36.4 Å². The van der Waals surface area contributed by atoms with Crippen molar-refractivity contribution in [2.45, 2.75) is 37.9 Å². The number of amides is 1. The molecular weight excluding hydrogens is 377 g/mol. The van der Waals surface area contributed by atoms with E-state index in [0.29, 0.717) is 10.9 Å². The molecule has 7 heteroatoms. The van der Waals surface area contributed by atoms with Crippen molar-refractivity contribution in [1.82, 2.24) is 14.9 Å². The van der Waals surface area contributed by atoms with Crippen LogP contribution in [0, 0.1) is 5.82 Å². The molecule has 0 saturated carbocycles. The molecule has 0 aliphatic heterocycles. The number of hydrogen-bond acceptors (Lipinski definition) is 4. The highest BCUT2D eigenvalue weighted by atomic mass is 32.2. The molecule has 2 aromatic carbocycles. The molecule has 3 rings (SSSR count). The van der Waals surface area contributed by atoms with Crippen molar-refractivity contribution in [1.29, 1.82) is 0 Å². The molecule has 1 N–H and O–H groups in total. The first-order valence-electron chi connectivity index (χ1n) is 9.20. The summed E-state index contributed by atoms with van der Waals surface area (Å²) >= 11 is 1.12. The van der Waals surface area contributed by atoms with Gasteiger partial charge in [0, 0.05) is 6.04 Å². The molecule has 146 valence electrons. The zero-order valence-corrected chi connectivity index (χ0v) is 16.6. The van der Waals surface area contributed by atoms with Crippen molar-refractivity contribution in [3.8, 4) is 5.69 Å². The van der Waals surface area contributed by atoms with Crippen molar-refractivity contribution >= 4 is 28.6 Å². The molecule has 1 aromatic heterocycles. The smallest absolute Gasteiger partial charge is 0.266 e. The fourth-order valence-electron chi connectivity index (χ4n) is 3.01. The highest BCUT2D eigenvalue weighted by Crippen LogP contribution is 2.22. The number of nitrogens with one attached hydrogen (secondary N) is 1. The lowest BCUT2D eigenvalue weighted by Crippen LogP contribution is -2.34. The lowest BCUT2D eigenvalue weighted by molar-refractivity contribution is -0.119. The Labute approximate surface area is 167 Å². The van der Waals surface area contributed by atoms with Gasteiger partial charge in [0.15, 0.2) is 5.16 Å². The molecule has 5 nitrogen and oxygen atoms in total. The van der Waals surface area contributed by atoms with E-state index in [-0.39, 0.29) is 34.1 Å². The van der Waals surface area contributed by atoms with Crippen molar-refractivity contribution < 1.29 is 9.18 Å². The van der Waals surface area contributed by atoms with Crippen molar-refractivity contribution in [2.75, 3.05) is 5.75 Å². The van der Waals surface area contributed by atoms with E-state index in [1.165, 1.54) is 16.7 Å². The summed E-state index contributed by atoms with van der Waals surface area (Å²) in [5.41, 5.74) is 0.272. The average molecular weight is 399 g/mol. The van der Waals surface area contributed by atoms with Gasteiger partial charge < -0.3 is 5.32 Å². The Bertz CT molecular complexity index is 1050. The third-order valence-electron chi connectivity index (χ3n) is 4.30. The van der Waals surface area contributed by atoms with E-state index in [4.69, 9.17) is 0 Å². The van der Waals surface area contributed by atoms with Gasteiger partial charge in [-0.1, -0.05) is 49.4 Å². The number of para-hydroxylation sites is 2. The molecule has 0 spiro atoms. The molecule has 1 atom stereocenters. The minimum absolute atomic E-state index is 0.0800. The number of aromatic nitrogens is 2. The van der Waals surface area contributed by atoms with Crippen LogP contribution in [-0.4, -0.2) is 27.3 Å². The van der Waals surface area contributed by atoms with Gasteiger partial charge >= 0.3 is 0 Å². The van der Waals surface area contributed by atoms with Gasteiger partial charge in [-0.05, 0) is 37.6 Å². The summed E-state index contributed by atoms with van der Waals surface area (Å²) in [4.78, 5) is 29.8. The highest BCUT2D eigenvalue weighted by molar-refractivity contribution is 7.99. The number of carbonyl (C=O) groups excluding carboxylic acids is 1. The van der Waals surface area contributed by atoms with E-state index in [9.17, 15) is 14.0 Å². The summed E-state index contributed by atoms with van der Waals surface area (Å²) in [6, 6.07) is 13.1. The number of nitrogens with zero attached hydrogens (tertiary/aromatic N) is 2. The first kappa shape index (κ1) is 20.1. The van der Waals surface area contributed by atoms with Crippen LogP contribution in [0.2, 0.25) is 0 Å². The maximum atomic E-state index is 14.4. The van der Waals surface area contributed by atoms with E-state index in [2.05, 4.69) is 17.2 Å². The molecule has 0 aliphatic rings. The quantitative estimate of drug-likeness (QED) is 0.483. The van der Waals surface area contributed by atoms with Crippen molar-refractivity contribution in [3.63, 3.8) is 0 Å². The second kappa shape index (κ2) is 9.01. The zero-order valence-electron chi connectivity index (χ0n) is 15.8. The average Bonchev–Trinajstić information content (AvgIpc) is 2.67. The minimum Gasteiger partial charge on any atom is -0.353 e. The maximum absolute atomic E-state index is 14.4. The second-order valence-corrected chi connectivity index (χ2v) is 7.49. The SMILES string of the molecule is CCCC(C)NC(=O)CSc1nc2ccccc2c(=O)n1-c1ccccc1F. The Kier molecular flexibility index (Phi) is 6.46. The Morgan fingerprint density at radius 2 is 1.93 bits per heavy atom. The summed E-state index contributed by atoms with van der Waals surface area (Å²) in [7, 11) is 0. The van der Waals surface area contributed by atoms with Crippen LogP contribution in [0.5, 0.6) is 0 Å². The number of carbonyl (C=O) groups is 1. The molecule has 1 unspecified atom stereocenters. The van der Waals surface area contributed by atoms with E-state index in [1.807, 2.05) is 6.92 Å². The Hall–Kier alpha value is -2.67. The lowest BCUT2D eigenvalue weighted by Gasteiger charge is -2.15. The zero-order chi connectivity index (χ0) is 20.1. The van der Waals surface area contributed by atoms with Crippen LogP contribution >= 0.6 is 11.8 Å². The third-order valence-corrected chi connectivity index (χ3v) is 5.24. The van der Waals surface area contributed by atoms with Crippen LogP contribution in [0.1, 0.15) is 26.7 Å². The Morgan fingerprint density at radius 3 is 2.68 bits per heavy atom. The predicted molar refractivity (Wildman–Crippen MR) is 111 cm³/mol. The first-order chi connectivity index (χ1) is 13.5. The third kappa shape index (κ3) is 4.42. The van der Waals surface area contributed by atoms with Gasteiger partial charge in [0.25, 0.3) is 5.56 Å². The van der Waals surface area contributed by atoms with Gasteiger partial charge in [0.2, 0.25) is 5.91 Å². The lowest BCUT2D eigenvalue weighted by atomic mass is 10.2. The molecule has 0 bridgehead atoms. The van der Waals surface area contributed by atoms with E-state index < -0.39 is 5.82 Å². The monoisotopic (exact) mass is 399 g/mol. The largest absolute Gasteiger partial charge is 0.353 e. The van der Waals surface area contributed by atoms with Crippen LogP contribution in [0.3, 0.4) is 0 Å². The molecule has 3 aromatic rings. The summed E-state index contributed by atoms with van der Waals surface area (Å²) in [5.74, 6) is -0.578. The molecule has 0 radical (unpaired) electrons. The molecular formula is C21H22FN3O2S. The number of hydrogen-bond donors (Lipinski definition) is 1. The number of thioether (sulfide) groups is 1.